The summed E-state index contributed by atoms with van der Waals surface area (Å²) in [6.45, 7) is -0.496. The van der Waals surface area contributed by atoms with Crippen LogP contribution >= 0.6 is 0 Å². The number of allylic oxidation sites excluding steroid dienone is 3. The monoisotopic (exact) mass is 452 g/mol. The summed E-state index contributed by atoms with van der Waals surface area (Å²) in [5.41, 5.74) is 1.07. The van der Waals surface area contributed by atoms with Crippen LogP contribution in [0.4, 0.5) is 0 Å². The molecule has 2 heterocycles. The van der Waals surface area contributed by atoms with Crippen LogP contribution in [0.1, 0.15) is 11.1 Å². The fourth-order valence-electron chi connectivity index (χ4n) is 3.52. The Labute approximate surface area is 185 Å². The molecule has 32 heavy (non-hydrogen) atoms. The topological polar surface area (TPSA) is 147 Å². The smallest absolute Gasteiger partial charge is 0.229 e. The minimum Gasteiger partial charge on any atom is -0.504 e. The first-order chi connectivity index (χ1) is 15.4. The highest BCUT2D eigenvalue weighted by Gasteiger charge is 2.46. The van der Waals surface area contributed by atoms with Gasteiger partial charge in [0.05, 0.1) is 20.3 Å². The lowest BCUT2D eigenvalue weighted by atomic mass is 9.99. The van der Waals surface area contributed by atoms with Crippen LogP contribution in [0.3, 0.4) is 0 Å². The molecule has 0 unspecified atom stereocenters. The Morgan fingerprint density at radius 1 is 1.16 bits per heavy atom. The molecular weight excluding hydrogens is 424 g/mol. The number of rotatable bonds is 8. The maximum Gasteiger partial charge on any atom is 0.229 e. The fourth-order valence-corrected chi connectivity index (χ4v) is 3.52. The van der Waals surface area contributed by atoms with Crippen molar-refractivity contribution in [1.29, 1.82) is 0 Å². The van der Waals surface area contributed by atoms with Crippen molar-refractivity contribution in [2.24, 2.45) is 0 Å². The van der Waals surface area contributed by atoms with Gasteiger partial charge in [-0.15, -0.1) is 0 Å². The molecule has 10 heteroatoms. The normalized spacial score (nSPS) is 27.8. The molecule has 10 nitrogen and oxygen atoms in total. The van der Waals surface area contributed by atoms with E-state index in [1.54, 1.807) is 36.4 Å². The molecule has 1 aromatic carbocycles. The standard InChI is InChI=1S/C22H28O10/c1-28-15-9-12-8-13(6-4-3-5-7-23)30-11-14(12)17(25)21(15)32-22-19(27)18(26)20(29-2)16(10-24)31-22/h3-6,8-9,16,18-20,22-27H,7,10-11H2,1-2H3/b5-3+,6-4-/t16-,18-,19-,20-,22+/m1/s1. The summed E-state index contributed by atoms with van der Waals surface area (Å²) >= 11 is 0. The van der Waals surface area contributed by atoms with Gasteiger partial charge in [0.2, 0.25) is 12.0 Å². The highest BCUT2D eigenvalue weighted by Crippen LogP contribution is 2.45. The van der Waals surface area contributed by atoms with Gasteiger partial charge >= 0.3 is 0 Å². The summed E-state index contributed by atoms with van der Waals surface area (Å²) in [7, 11) is 2.72. The SMILES string of the molecule is COc1cc2c(c(O)c1O[C@@H]1O[C@H](CO)[C@@H](OC)[C@H](O)[C@H]1O)COC(/C=C\C=C\CO)=C2. The Morgan fingerprint density at radius 3 is 2.59 bits per heavy atom. The molecule has 0 amide bonds. The maximum absolute atomic E-state index is 10.8. The van der Waals surface area contributed by atoms with Crippen molar-refractivity contribution in [3.05, 3.63) is 47.3 Å². The Kier molecular flexibility index (Phi) is 8.13. The number of hydrogen-bond donors (Lipinski definition) is 5. The van der Waals surface area contributed by atoms with Crippen molar-refractivity contribution < 1.29 is 49.2 Å². The molecule has 0 radical (unpaired) electrons. The lowest BCUT2D eigenvalue weighted by Crippen LogP contribution is -2.60. The van der Waals surface area contributed by atoms with E-state index in [9.17, 15) is 20.4 Å². The van der Waals surface area contributed by atoms with Crippen molar-refractivity contribution in [3.63, 3.8) is 0 Å². The summed E-state index contributed by atoms with van der Waals surface area (Å²) in [6, 6.07) is 1.64. The molecule has 0 aliphatic carbocycles. The number of ether oxygens (including phenoxy) is 5. The van der Waals surface area contributed by atoms with Crippen LogP contribution in [0.25, 0.3) is 6.08 Å². The summed E-state index contributed by atoms with van der Waals surface area (Å²) in [4.78, 5) is 0. The second-order valence-electron chi connectivity index (χ2n) is 7.15. The molecule has 1 fully saturated rings. The Morgan fingerprint density at radius 2 is 1.94 bits per heavy atom. The number of phenolic OH excluding ortho intramolecular Hbond substituents is 1. The second kappa shape index (κ2) is 10.8. The molecular formula is C22H28O10. The second-order valence-corrected chi connectivity index (χ2v) is 7.15. The van der Waals surface area contributed by atoms with Crippen molar-refractivity contribution in [3.8, 4) is 17.2 Å². The Balaban J connectivity index is 1.89. The van der Waals surface area contributed by atoms with Gasteiger partial charge in [0.15, 0.2) is 11.5 Å². The molecule has 2 aliphatic heterocycles. The highest BCUT2D eigenvalue weighted by atomic mass is 16.7. The predicted octanol–water partition coefficient (Wildman–Crippen LogP) is 0.209. The molecule has 0 saturated carbocycles. The van der Waals surface area contributed by atoms with E-state index >= 15 is 0 Å². The number of fused-ring (bicyclic) bond motifs is 1. The average Bonchev–Trinajstić information content (AvgIpc) is 2.80. The summed E-state index contributed by atoms with van der Waals surface area (Å²) < 4.78 is 27.3. The predicted molar refractivity (Wildman–Crippen MR) is 112 cm³/mol. The lowest BCUT2D eigenvalue weighted by molar-refractivity contribution is -0.282. The van der Waals surface area contributed by atoms with Gasteiger partial charge in [-0.05, 0) is 23.8 Å². The van der Waals surface area contributed by atoms with Crippen LogP contribution in [0, 0.1) is 0 Å². The van der Waals surface area contributed by atoms with Crippen LogP contribution in [0.5, 0.6) is 17.2 Å². The Bertz CT molecular complexity index is 876. The van der Waals surface area contributed by atoms with E-state index < -0.39 is 37.3 Å². The van der Waals surface area contributed by atoms with E-state index in [2.05, 4.69) is 0 Å². The molecule has 0 aromatic heterocycles. The molecule has 5 atom stereocenters. The molecule has 0 bridgehead atoms. The van der Waals surface area contributed by atoms with E-state index in [0.717, 1.165) is 0 Å². The van der Waals surface area contributed by atoms with Gasteiger partial charge < -0.3 is 49.2 Å². The molecule has 176 valence electrons. The lowest BCUT2D eigenvalue weighted by Gasteiger charge is -2.41. The van der Waals surface area contributed by atoms with Gasteiger partial charge in [0.25, 0.3) is 0 Å². The van der Waals surface area contributed by atoms with E-state index in [4.69, 9.17) is 28.8 Å². The van der Waals surface area contributed by atoms with E-state index in [1.807, 2.05) is 0 Å². The van der Waals surface area contributed by atoms with Crippen LogP contribution in [-0.4, -0.2) is 83.7 Å². The van der Waals surface area contributed by atoms with Crippen LogP contribution in [0.15, 0.2) is 36.1 Å². The van der Waals surface area contributed by atoms with Gasteiger partial charge in [-0.25, -0.2) is 0 Å². The summed E-state index contributed by atoms with van der Waals surface area (Å²) in [5.74, 6) is 0.346. The molecule has 2 aliphatic rings. The van der Waals surface area contributed by atoms with E-state index in [0.29, 0.717) is 16.9 Å². The van der Waals surface area contributed by atoms with E-state index in [1.165, 1.54) is 14.2 Å². The van der Waals surface area contributed by atoms with Gasteiger partial charge in [0.1, 0.15) is 36.8 Å². The van der Waals surface area contributed by atoms with Crippen LogP contribution in [0.2, 0.25) is 0 Å². The summed E-state index contributed by atoms with van der Waals surface area (Å²) in [5, 5.41) is 49.9. The first-order valence-corrected chi connectivity index (χ1v) is 9.98. The van der Waals surface area contributed by atoms with Crippen molar-refractivity contribution >= 4 is 6.08 Å². The quantitative estimate of drug-likeness (QED) is 0.347. The molecule has 3 rings (SSSR count). The number of aliphatic hydroxyl groups is 4. The zero-order valence-corrected chi connectivity index (χ0v) is 17.7. The zero-order valence-electron chi connectivity index (χ0n) is 17.7. The van der Waals surface area contributed by atoms with Gasteiger partial charge in [0, 0.05) is 12.7 Å². The third-order valence-corrected chi connectivity index (χ3v) is 5.20. The molecule has 1 saturated heterocycles. The molecule has 1 aromatic rings. The van der Waals surface area contributed by atoms with Crippen LogP contribution in [-0.2, 0) is 20.8 Å². The zero-order chi connectivity index (χ0) is 23.3. The first kappa shape index (κ1) is 24.1. The van der Waals surface area contributed by atoms with Crippen molar-refractivity contribution in [1.82, 2.24) is 0 Å². The van der Waals surface area contributed by atoms with Crippen molar-refractivity contribution in [2.75, 3.05) is 27.4 Å². The minimum atomic E-state index is -1.51. The van der Waals surface area contributed by atoms with Gasteiger partial charge in [-0.2, -0.15) is 0 Å². The van der Waals surface area contributed by atoms with Gasteiger partial charge in [-0.3, -0.25) is 0 Å². The average molecular weight is 452 g/mol. The number of hydrogen-bond acceptors (Lipinski definition) is 10. The molecule has 5 N–H and O–H groups in total. The molecule has 0 spiro atoms. The van der Waals surface area contributed by atoms with Crippen molar-refractivity contribution in [2.45, 2.75) is 37.3 Å². The number of aromatic hydroxyl groups is 1. The number of aliphatic hydroxyl groups excluding tert-OH is 4. The third kappa shape index (κ3) is 4.90. The third-order valence-electron chi connectivity index (χ3n) is 5.20. The summed E-state index contributed by atoms with van der Waals surface area (Å²) in [6.07, 6.45) is 2.16. The largest absolute Gasteiger partial charge is 0.504 e. The maximum atomic E-state index is 10.8. The fraction of sp³-hybridized carbons (Fsp3) is 0.455. The number of benzene rings is 1. The highest BCUT2D eigenvalue weighted by molar-refractivity contribution is 5.69. The number of phenols is 1. The van der Waals surface area contributed by atoms with E-state index in [-0.39, 0.29) is 30.5 Å². The van der Waals surface area contributed by atoms with Crippen LogP contribution < -0.4 is 9.47 Å². The minimum absolute atomic E-state index is 0.0448. The Hall–Kier alpha value is -2.60. The van der Waals surface area contributed by atoms with Gasteiger partial charge in [-0.1, -0.05) is 18.2 Å². The first-order valence-electron chi connectivity index (χ1n) is 9.98. The number of methoxy groups -OCH3 is 2.